The van der Waals surface area contributed by atoms with E-state index in [2.05, 4.69) is 20.1 Å². The summed E-state index contributed by atoms with van der Waals surface area (Å²) in [5.41, 5.74) is 2.70. The molecule has 9 nitrogen and oxygen atoms in total. The number of urea groups is 1. The Labute approximate surface area is 183 Å². The van der Waals surface area contributed by atoms with Gasteiger partial charge in [0, 0.05) is 51.0 Å². The van der Waals surface area contributed by atoms with Crippen molar-refractivity contribution in [3.05, 3.63) is 35.5 Å². The Bertz CT molecular complexity index is 923. The van der Waals surface area contributed by atoms with Gasteiger partial charge >= 0.3 is 6.03 Å². The van der Waals surface area contributed by atoms with Gasteiger partial charge in [-0.3, -0.25) is 0 Å². The Balaban J connectivity index is 1.39. The zero-order chi connectivity index (χ0) is 21.8. The minimum atomic E-state index is -0.114. The van der Waals surface area contributed by atoms with Gasteiger partial charge in [-0.15, -0.1) is 0 Å². The molecular formula is C22H30N6O3. The maximum Gasteiger partial charge on any atom is 0.322 e. The number of rotatable bonds is 4. The molecule has 0 aliphatic carbocycles. The first-order valence-electron chi connectivity index (χ1n) is 10.7. The molecule has 9 heteroatoms. The van der Waals surface area contributed by atoms with Gasteiger partial charge < -0.3 is 29.5 Å². The number of methoxy groups -OCH3 is 1. The Kier molecular flexibility index (Phi) is 6.41. The van der Waals surface area contributed by atoms with Crippen molar-refractivity contribution in [1.29, 1.82) is 0 Å². The molecule has 2 aromatic rings. The molecule has 2 fully saturated rings. The average Bonchev–Trinajstić information content (AvgIpc) is 2.79. The summed E-state index contributed by atoms with van der Waals surface area (Å²) >= 11 is 0. The van der Waals surface area contributed by atoms with E-state index in [9.17, 15) is 4.79 Å². The maximum absolute atomic E-state index is 12.8. The Morgan fingerprint density at radius 2 is 1.74 bits per heavy atom. The van der Waals surface area contributed by atoms with Crippen molar-refractivity contribution in [3.8, 4) is 5.75 Å². The summed E-state index contributed by atoms with van der Waals surface area (Å²) in [6.07, 6.45) is 0. The maximum atomic E-state index is 12.8. The van der Waals surface area contributed by atoms with Crippen molar-refractivity contribution in [2.75, 3.05) is 74.7 Å². The van der Waals surface area contributed by atoms with Crippen molar-refractivity contribution >= 4 is 23.5 Å². The van der Waals surface area contributed by atoms with E-state index < -0.39 is 0 Å². The number of aryl methyl sites for hydroxylation is 2. The summed E-state index contributed by atoms with van der Waals surface area (Å²) in [6, 6.07) is 7.65. The molecule has 2 saturated heterocycles. The summed E-state index contributed by atoms with van der Waals surface area (Å²) in [5.74, 6) is 2.32. The fraction of sp³-hybridized carbons (Fsp3) is 0.500. The van der Waals surface area contributed by atoms with Crippen LogP contribution in [0.4, 0.5) is 22.2 Å². The second kappa shape index (κ2) is 9.38. The predicted octanol–water partition coefficient (Wildman–Crippen LogP) is 2.29. The average molecular weight is 427 g/mol. The van der Waals surface area contributed by atoms with Crippen molar-refractivity contribution < 1.29 is 14.3 Å². The molecule has 0 saturated carbocycles. The summed E-state index contributed by atoms with van der Waals surface area (Å²) in [4.78, 5) is 28.4. The van der Waals surface area contributed by atoms with Crippen LogP contribution in [-0.2, 0) is 4.74 Å². The number of hydrogen-bond donors (Lipinski definition) is 1. The zero-order valence-corrected chi connectivity index (χ0v) is 18.4. The van der Waals surface area contributed by atoms with Gasteiger partial charge in [-0.05, 0) is 31.5 Å². The minimum Gasteiger partial charge on any atom is -0.495 e. The number of benzene rings is 1. The molecule has 0 atom stereocenters. The normalized spacial score (nSPS) is 16.9. The van der Waals surface area contributed by atoms with E-state index in [0.717, 1.165) is 49.2 Å². The third-order valence-corrected chi connectivity index (χ3v) is 5.61. The number of morpholine rings is 1. The fourth-order valence-electron chi connectivity index (χ4n) is 3.86. The summed E-state index contributed by atoms with van der Waals surface area (Å²) in [6.45, 7) is 9.67. The fourth-order valence-corrected chi connectivity index (χ4v) is 3.86. The van der Waals surface area contributed by atoms with Crippen LogP contribution in [-0.4, -0.2) is 80.5 Å². The zero-order valence-electron chi connectivity index (χ0n) is 18.4. The van der Waals surface area contributed by atoms with Crippen molar-refractivity contribution in [3.63, 3.8) is 0 Å². The molecule has 0 unspecified atom stereocenters. The van der Waals surface area contributed by atoms with E-state index in [-0.39, 0.29) is 6.03 Å². The Morgan fingerprint density at radius 3 is 2.45 bits per heavy atom. The van der Waals surface area contributed by atoms with Crippen LogP contribution in [0.2, 0.25) is 0 Å². The van der Waals surface area contributed by atoms with Gasteiger partial charge in [0.05, 0.1) is 26.0 Å². The standard InChI is InChI=1S/C22H30N6O3/c1-16-4-5-19(30-3)18(14-16)24-22(29)28-8-6-26(7-9-28)20-15-17(2)23-21(25-20)27-10-12-31-13-11-27/h4-5,14-15H,6-13H2,1-3H3,(H,24,29). The Hall–Kier alpha value is -3.07. The van der Waals surface area contributed by atoms with Gasteiger partial charge in [0.15, 0.2) is 0 Å². The van der Waals surface area contributed by atoms with Crippen LogP contribution in [0.25, 0.3) is 0 Å². The lowest BCUT2D eigenvalue weighted by Crippen LogP contribution is -2.50. The molecule has 3 heterocycles. The highest BCUT2D eigenvalue weighted by Gasteiger charge is 2.24. The van der Waals surface area contributed by atoms with Crippen molar-refractivity contribution in [2.24, 2.45) is 0 Å². The van der Waals surface area contributed by atoms with E-state index in [1.165, 1.54) is 0 Å². The van der Waals surface area contributed by atoms with E-state index in [4.69, 9.17) is 14.5 Å². The molecule has 31 heavy (non-hydrogen) atoms. The highest BCUT2D eigenvalue weighted by Crippen LogP contribution is 2.26. The van der Waals surface area contributed by atoms with Gasteiger partial charge in [0.2, 0.25) is 5.95 Å². The molecule has 166 valence electrons. The van der Waals surface area contributed by atoms with E-state index in [1.54, 1.807) is 7.11 Å². The molecule has 4 rings (SSSR count). The van der Waals surface area contributed by atoms with Crippen molar-refractivity contribution in [1.82, 2.24) is 14.9 Å². The molecule has 1 N–H and O–H groups in total. The molecular weight excluding hydrogens is 396 g/mol. The highest BCUT2D eigenvalue weighted by molar-refractivity contribution is 5.91. The Morgan fingerprint density at radius 1 is 1.00 bits per heavy atom. The highest BCUT2D eigenvalue weighted by atomic mass is 16.5. The van der Waals surface area contributed by atoms with Crippen LogP contribution >= 0.6 is 0 Å². The van der Waals surface area contributed by atoms with Gasteiger partial charge in [-0.1, -0.05) is 6.07 Å². The topological polar surface area (TPSA) is 83.1 Å². The quantitative estimate of drug-likeness (QED) is 0.803. The molecule has 0 bridgehead atoms. The van der Waals surface area contributed by atoms with Crippen LogP contribution < -0.4 is 19.9 Å². The lowest BCUT2D eigenvalue weighted by molar-refractivity contribution is 0.122. The second-order valence-electron chi connectivity index (χ2n) is 7.87. The SMILES string of the molecule is COc1ccc(C)cc1NC(=O)N1CCN(c2cc(C)nc(N3CCOCC3)n2)CC1. The van der Waals surface area contributed by atoms with E-state index in [0.29, 0.717) is 37.7 Å². The summed E-state index contributed by atoms with van der Waals surface area (Å²) in [5, 5.41) is 2.99. The van der Waals surface area contributed by atoms with Gasteiger partial charge in [0.25, 0.3) is 0 Å². The number of anilines is 3. The molecule has 1 aromatic heterocycles. The first kappa shape index (κ1) is 21.2. The molecule has 1 aromatic carbocycles. The van der Waals surface area contributed by atoms with Crippen LogP contribution in [0.15, 0.2) is 24.3 Å². The number of piperazine rings is 1. The molecule has 2 aliphatic rings. The number of carbonyl (C=O) groups excluding carboxylic acids is 1. The van der Waals surface area contributed by atoms with Crippen LogP contribution in [0.3, 0.4) is 0 Å². The predicted molar refractivity (Wildman–Crippen MR) is 120 cm³/mol. The molecule has 2 amide bonds. The monoisotopic (exact) mass is 426 g/mol. The third-order valence-electron chi connectivity index (χ3n) is 5.61. The summed E-state index contributed by atoms with van der Waals surface area (Å²) in [7, 11) is 1.61. The van der Waals surface area contributed by atoms with Crippen molar-refractivity contribution in [2.45, 2.75) is 13.8 Å². The number of hydrogen-bond acceptors (Lipinski definition) is 7. The minimum absolute atomic E-state index is 0.114. The first-order chi connectivity index (χ1) is 15.0. The number of aromatic nitrogens is 2. The number of nitrogens with one attached hydrogen (secondary N) is 1. The van der Waals surface area contributed by atoms with Crippen LogP contribution in [0, 0.1) is 13.8 Å². The van der Waals surface area contributed by atoms with Gasteiger partial charge in [0.1, 0.15) is 11.6 Å². The molecule has 0 spiro atoms. The van der Waals surface area contributed by atoms with Crippen LogP contribution in [0.1, 0.15) is 11.3 Å². The second-order valence-corrected chi connectivity index (χ2v) is 7.87. The van der Waals surface area contributed by atoms with Gasteiger partial charge in [-0.25, -0.2) is 9.78 Å². The molecule has 0 radical (unpaired) electrons. The smallest absolute Gasteiger partial charge is 0.322 e. The van der Waals surface area contributed by atoms with E-state index in [1.807, 2.05) is 43.0 Å². The van der Waals surface area contributed by atoms with Gasteiger partial charge in [-0.2, -0.15) is 4.98 Å². The largest absolute Gasteiger partial charge is 0.495 e. The first-order valence-corrected chi connectivity index (χ1v) is 10.7. The number of carbonyl (C=O) groups is 1. The van der Waals surface area contributed by atoms with E-state index >= 15 is 0 Å². The van der Waals surface area contributed by atoms with Crippen LogP contribution in [0.5, 0.6) is 5.75 Å². The third kappa shape index (κ3) is 4.99. The number of ether oxygens (including phenoxy) is 2. The lowest BCUT2D eigenvalue weighted by atomic mass is 10.2. The molecule has 2 aliphatic heterocycles. The lowest BCUT2D eigenvalue weighted by Gasteiger charge is -2.36. The number of amides is 2. The summed E-state index contributed by atoms with van der Waals surface area (Å²) < 4.78 is 10.8. The number of nitrogens with zero attached hydrogens (tertiary/aromatic N) is 5.